The number of allylic oxidation sites excluding steroid dienone is 1. The minimum absolute atomic E-state index is 0.199. The Morgan fingerprint density at radius 1 is 1.12 bits per heavy atom. The zero-order chi connectivity index (χ0) is 16.6. The summed E-state index contributed by atoms with van der Waals surface area (Å²) in [5.74, 6) is -0.242. The molecule has 2 aromatic rings. The Labute approximate surface area is 141 Å². The number of aromatic nitrogens is 1. The number of hydrogen-bond donors (Lipinski definition) is 0. The van der Waals surface area contributed by atoms with E-state index in [-0.39, 0.29) is 11.9 Å². The highest BCUT2D eigenvalue weighted by molar-refractivity contribution is 6.10. The van der Waals surface area contributed by atoms with Gasteiger partial charge < -0.3 is 4.84 Å². The average Bonchev–Trinajstić information content (AvgIpc) is 2.65. The summed E-state index contributed by atoms with van der Waals surface area (Å²) >= 11 is 0. The molecule has 1 fully saturated rings. The van der Waals surface area contributed by atoms with Crippen molar-refractivity contribution in [3.63, 3.8) is 0 Å². The molecule has 1 aliphatic carbocycles. The molecule has 124 valence electrons. The van der Waals surface area contributed by atoms with Gasteiger partial charge in [0.25, 0.3) is 0 Å². The number of pyridine rings is 1. The van der Waals surface area contributed by atoms with Gasteiger partial charge in [-0.2, -0.15) is 0 Å². The zero-order valence-electron chi connectivity index (χ0n) is 13.6. The Morgan fingerprint density at radius 2 is 1.92 bits per heavy atom. The van der Waals surface area contributed by atoms with E-state index in [2.05, 4.69) is 10.1 Å². The molecule has 0 aliphatic heterocycles. The molecule has 0 bridgehead atoms. The molecule has 3 rings (SSSR count). The molecule has 1 aromatic carbocycles. The summed E-state index contributed by atoms with van der Waals surface area (Å²) < 4.78 is 13.0. The number of halogens is 1. The van der Waals surface area contributed by atoms with E-state index in [4.69, 9.17) is 4.84 Å². The third-order valence-electron chi connectivity index (χ3n) is 4.11. The standard InChI is InChI=1S/C20H21FN2O/c21-18-11-8-16(9-12-18)10-13-20(17-5-4-14-22-15-17)23-24-19-6-2-1-3-7-19/h4-5,8-15,19H,1-3,6-7H2/b13-10+,23-20-. The lowest BCUT2D eigenvalue weighted by molar-refractivity contribution is 0.0332. The molecule has 0 amide bonds. The van der Waals surface area contributed by atoms with Crippen LogP contribution in [-0.4, -0.2) is 16.8 Å². The second-order valence-corrected chi connectivity index (χ2v) is 5.97. The molecule has 3 nitrogen and oxygen atoms in total. The Kier molecular flexibility index (Phi) is 5.72. The van der Waals surface area contributed by atoms with Crippen molar-refractivity contribution >= 4 is 11.8 Å². The fourth-order valence-electron chi connectivity index (χ4n) is 2.74. The fraction of sp³-hybridized carbons (Fsp3) is 0.300. The third kappa shape index (κ3) is 4.75. The Morgan fingerprint density at radius 3 is 2.62 bits per heavy atom. The van der Waals surface area contributed by atoms with Crippen molar-refractivity contribution in [2.24, 2.45) is 5.16 Å². The smallest absolute Gasteiger partial charge is 0.127 e. The van der Waals surface area contributed by atoms with Crippen LogP contribution < -0.4 is 0 Å². The van der Waals surface area contributed by atoms with Crippen LogP contribution in [0.25, 0.3) is 6.08 Å². The summed E-state index contributed by atoms with van der Waals surface area (Å²) in [5, 5.41) is 4.37. The highest BCUT2D eigenvalue weighted by atomic mass is 19.1. The summed E-state index contributed by atoms with van der Waals surface area (Å²) in [5.41, 5.74) is 2.52. The summed E-state index contributed by atoms with van der Waals surface area (Å²) in [7, 11) is 0. The second-order valence-electron chi connectivity index (χ2n) is 5.97. The molecule has 0 N–H and O–H groups in total. The van der Waals surface area contributed by atoms with Crippen LogP contribution in [0.5, 0.6) is 0 Å². The first-order valence-corrected chi connectivity index (χ1v) is 8.39. The molecule has 0 saturated heterocycles. The van der Waals surface area contributed by atoms with Crippen LogP contribution in [0.3, 0.4) is 0 Å². The average molecular weight is 324 g/mol. The van der Waals surface area contributed by atoms with Gasteiger partial charge in [0.05, 0.1) is 0 Å². The molecule has 4 heteroatoms. The SMILES string of the molecule is Fc1ccc(/C=C/C(=N/OC2CCCCC2)c2cccnc2)cc1. The number of benzene rings is 1. The lowest BCUT2D eigenvalue weighted by atomic mass is 9.98. The second kappa shape index (κ2) is 8.39. The van der Waals surface area contributed by atoms with Crippen LogP contribution in [0.2, 0.25) is 0 Å². The number of hydrogen-bond acceptors (Lipinski definition) is 3. The van der Waals surface area contributed by atoms with E-state index in [9.17, 15) is 4.39 Å². The third-order valence-corrected chi connectivity index (χ3v) is 4.11. The lowest BCUT2D eigenvalue weighted by Gasteiger charge is -2.19. The fourth-order valence-corrected chi connectivity index (χ4v) is 2.74. The van der Waals surface area contributed by atoms with Gasteiger partial charge in [0.1, 0.15) is 17.6 Å². The topological polar surface area (TPSA) is 34.5 Å². The molecular formula is C20H21FN2O. The largest absolute Gasteiger partial charge is 0.392 e. The van der Waals surface area contributed by atoms with Gasteiger partial charge in [-0.15, -0.1) is 0 Å². The molecule has 0 spiro atoms. The van der Waals surface area contributed by atoms with Crippen molar-refractivity contribution in [2.75, 3.05) is 0 Å². The van der Waals surface area contributed by atoms with E-state index < -0.39 is 0 Å². The van der Waals surface area contributed by atoms with Crippen molar-refractivity contribution in [2.45, 2.75) is 38.2 Å². The Bertz CT molecular complexity index is 689. The van der Waals surface area contributed by atoms with Gasteiger partial charge in [0, 0.05) is 18.0 Å². The number of oxime groups is 1. The summed E-state index contributed by atoms with van der Waals surface area (Å²) in [6.07, 6.45) is 13.3. The maximum absolute atomic E-state index is 13.0. The quantitative estimate of drug-likeness (QED) is 0.574. The van der Waals surface area contributed by atoms with Gasteiger partial charge in [-0.1, -0.05) is 29.8 Å². The Hall–Kier alpha value is -2.49. The first-order valence-electron chi connectivity index (χ1n) is 8.39. The van der Waals surface area contributed by atoms with Crippen molar-refractivity contribution in [1.29, 1.82) is 0 Å². The maximum Gasteiger partial charge on any atom is 0.127 e. The van der Waals surface area contributed by atoms with Crippen LogP contribution in [-0.2, 0) is 4.84 Å². The van der Waals surface area contributed by atoms with Crippen LogP contribution in [0.15, 0.2) is 60.0 Å². The highest BCUT2D eigenvalue weighted by Gasteiger charge is 2.14. The summed E-state index contributed by atoms with van der Waals surface area (Å²) in [6.45, 7) is 0. The van der Waals surface area contributed by atoms with Crippen LogP contribution in [0.1, 0.15) is 43.2 Å². The minimum Gasteiger partial charge on any atom is -0.392 e. The lowest BCUT2D eigenvalue weighted by Crippen LogP contribution is -2.15. The van der Waals surface area contributed by atoms with Gasteiger partial charge in [0.15, 0.2) is 0 Å². The number of nitrogens with zero attached hydrogens (tertiary/aromatic N) is 2. The molecule has 1 aliphatic rings. The van der Waals surface area contributed by atoms with E-state index in [0.29, 0.717) is 0 Å². The van der Waals surface area contributed by atoms with E-state index >= 15 is 0 Å². The minimum atomic E-state index is -0.242. The van der Waals surface area contributed by atoms with Gasteiger partial charge in [-0.3, -0.25) is 4.98 Å². The van der Waals surface area contributed by atoms with Crippen LogP contribution >= 0.6 is 0 Å². The first kappa shape index (κ1) is 16.4. The zero-order valence-corrected chi connectivity index (χ0v) is 13.6. The molecule has 0 unspecified atom stereocenters. The van der Waals surface area contributed by atoms with Gasteiger partial charge in [-0.05, 0) is 61.6 Å². The van der Waals surface area contributed by atoms with Crippen molar-refractivity contribution in [1.82, 2.24) is 4.98 Å². The van der Waals surface area contributed by atoms with Crippen molar-refractivity contribution < 1.29 is 9.23 Å². The maximum atomic E-state index is 13.0. The predicted molar refractivity (Wildman–Crippen MR) is 94.2 cm³/mol. The predicted octanol–water partition coefficient (Wildman–Crippen LogP) is 4.99. The van der Waals surface area contributed by atoms with Gasteiger partial charge in [-0.25, -0.2) is 4.39 Å². The molecule has 24 heavy (non-hydrogen) atoms. The monoisotopic (exact) mass is 324 g/mol. The van der Waals surface area contributed by atoms with Crippen LogP contribution in [0, 0.1) is 5.82 Å². The number of rotatable bonds is 5. The molecule has 0 radical (unpaired) electrons. The highest BCUT2D eigenvalue weighted by Crippen LogP contribution is 2.21. The van der Waals surface area contributed by atoms with E-state index in [0.717, 1.165) is 29.7 Å². The van der Waals surface area contributed by atoms with Gasteiger partial charge >= 0.3 is 0 Å². The first-order chi connectivity index (χ1) is 11.8. The molecule has 1 aromatic heterocycles. The Balaban J connectivity index is 1.77. The van der Waals surface area contributed by atoms with Crippen molar-refractivity contribution in [3.8, 4) is 0 Å². The van der Waals surface area contributed by atoms with Crippen molar-refractivity contribution in [3.05, 3.63) is 71.8 Å². The molecule has 1 saturated carbocycles. The molecule has 0 atom stereocenters. The summed E-state index contributed by atoms with van der Waals surface area (Å²) in [4.78, 5) is 9.90. The normalized spacial score (nSPS) is 16.5. The van der Waals surface area contributed by atoms with E-state index in [1.807, 2.05) is 24.3 Å². The molecular weight excluding hydrogens is 303 g/mol. The van der Waals surface area contributed by atoms with E-state index in [1.54, 1.807) is 24.5 Å². The molecule has 1 heterocycles. The van der Waals surface area contributed by atoms with Crippen LogP contribution in [0.4, 0.5) is 4.39 Å². The van der Waals surface area contributed by atoms with Gasteiger partial charge in [0.2, 0.25) is 0 Å². The van der Waals surface area contributed by atoms with E-state index in [1.165, 1.54) is 31.4 Å². The summed E-state index contributed by atoms with van der Waals surface area (Å²) in [6, 6.07) is 10.2.